The van der Waals surface area contributed by atoms with Crippen molar-refractivity contribution in [2.24, 2.45) is 0 Å². The number of ether oxygens (including phenoxy) is 1. The average molecular weight is 454 g/mol. The van der Waals surface area contributed by atoms with Gasteiger partial charge in [0.25, 0.3) is 5.91 Å². The Hall–Kier alpha value is -3.35. The predicted octanol–water partition coefficient (Wildman–Crippen LogP) is 4.83. The molecule has 0 spiro atoms. The molecule has 0 bridgehead atoms. The second-order valence-corrected chi connectivity index (χ2v) is 8.14. The standard InChI is InChI=1S/C26H35N3O4/c1-4-5-6-7-8-17-33-23-13-10-21(11-14-23)26(32)29-28-25(31)16-15-24(30)27-22-12-9-19(2)20(3)18-22/h9-14,18H,4-8,15-17H2,1-3H3,(H,27,30)(H,28,31)(H,29,32). The number of anilines is 1. The van der Waals surface area contributed by atoms with E-state index in [9.17, 15) is 14.4 Å². The molecule has 2 aromatic rings. The molecule has 0 aliphatic rings. The van der Waals surface area contributed by atoms with Crippen molar-refractivity contribution in [1.29, 1.82) is 0 Å². The molecule has 0 heterocycles. The summed E-state index contributed by atoms with van der Waals surface area (Å²) in [5.41, 5.74) is 8.02. The normalized spacial score (nSPS) is 10.4. The smallest absolute Gasteiger partial charge is 0.269 e. The fraction of sp³-hybridized carbons (Fsp3) is 0.423. The van der Waals surface area contributed by atoms with Crippen LogP contribution in [-0.2, 0) is 9.59 Å². The van der Waals surface area contributed by atoms with Gasteiger partial charge < -0.3 is 10.1 Å². The molecule has 0 saturated carbocycles. The lowest BCUT2D eigenvalue weighted by molar-refractivity contribution is -0.124. The van der Waals surface area contributed by atoms with E-state index in [4.69, 9.17) is 4.74 Å². The minimum Gasteiger partial charge on any atom is -0.494 e. The minimum absolute atomic E-state index is 0.0130. The SMILES string of the molecule is CCCCCCCOc1ccc(C(=O)NNC(=O)CCC(=O)Nc2ccc(C)c(C)c2)cc1. The molecule has 2 aromatic carbocycles. The molecule has 0 unspecified atom stereocenters. The Labute approximate surface area is 196 Å². The van der Waals surface area contributed by atoms with Gasteiger partial charge in [-0.1, -0.05) is 38.7 Å². The first-order valence-corrected chi connectivity index (χ1v) is 11.6. The van der Waals surface area contributed by atoms with Crippen LogP contribution in [0.3, 0.4) is 0 Å². The highest BCUT2D eigenvalue weighted by atomic mass is 16.5. The predicted molar refractivity (Wildman–Crippen MR) is 130 cm³/mol. The second kappa shape index (κ2) is 13.9. The van der Waals surface area contributed by atoms with Gasteiger partial charge in [-0.15, -0.1) is 0 Å². The molecule has 0 aromatic heterocycles. The van der Waals surface area contributed by atoms with Gasteiger partial charge in [0.05, 0.1) is 6.61 Å². The second-order valence-electron chi connectivity index (χ2n) is 8.14. The molecule has 2 rings (SSSR count). The van der Waals surface area contributed by atoms with E-state index in [0.717, 1.165) is 24.0 Å². The molecular weight excluding hydrogens is 418 g/mol. The van der Waals surface area contributed by atoms with Crippen LogP contribution in [0, 0.1) is 13.8 Å². The molecule has 3 N–H and O–H groups in total. The summed E-state index contributed by atoms with van der Waals surface area (Å²) in [7, 11) is 0. The third kappa shape index (κ3) is 9.76. The molecule has 0 aliphatic heterocycles. The summed E-state index contributed by atoms with van der Waals surface area (Å²) in [5, 5.41) is 2.77. The summed E-state index contributed by atoms with van der Waals surface area (Å²) in [5.74, 6) is -0.433. The largest absolute Gasteiger partial charge is 0.494 e. The van der Waals surface area contributed by atoms with Crippen molar-refractivity contribution in [3.05, 3.63) is 59.2 Å². The maximum atomic E-state index is 12.2. The Morgan fingerprint density at radius 3 is 2.18 bits per heavy atom. The third-order valence-corrected chi connectivity index (χ3v) is 5.32. The fourth-order valence-electron chi connectivity index (χ4n) is 3.13. The summed E-state index contributed by atoms with van der Waals surface area (Å²) < 4.78 is 5.69. The number of unbranched alkanes of at least 4 members (excludes halogenated alkanes) is 4. The van der Waals surface area contributed by atoms with E-state index < -0.39 is 11.8 Å². The number of carbonyl (C=O) groups excluding carboxylic acids is 3. The van der Waals surface area contributed by atoms with Gasteiger partial charge in [0, 0.05) is 24.1 Å². The quantitative estimate of drug-likeness (QED) is 0.317. The minimum atomic E-state index is -0.443. The van der Waals surface area contributed by atoms with Crippen LogP contribution in [0.25, 0.3) is 0 Å². The van der Waals surface area contributed by atoms with Crippen LogP contribution >= 0.6 is 0 Å². The van der Waals surface area contributed by atoms with Gasteiger partial charge in [-0.2, -0.15) is 0 Å². The lowest BCUT2D eigenvalue weighted by Crippen LogP contribution is -2.41. The zero-order valence-corrected chi connectivity index (χ0v) is 19.8. The molecule has 7 heteroatoms. The van der Waals surface area contributed by atoms with Crippen molar-refractivity contribution in [2.75, 3.05) is 11.9 Å². The average Bonchev–Trinajstić information content (AvgIpc) is 2.81. The third-order valence-electron chi connectivity index (χ3n) is 5.32. The highest BCUT2D eigenvalue weighted by Gasteiger charge is 2.10. The Kier molecular flexibility index (Phi) is 10.9. The number of hydrogen-bond donors (Lipinski definition) is 3. The summed E-state index contributed by atoms with van der Waals surface area (Å²) in [4.78, 5) is 36.2. The molecule has 0 atom stereocenters. The lowest BCUT2D eigenvalue weighted by atomic mass is 10.1. The zero-order chi connectivity index (χ0) is 24.1. The molecule has 3 amide bonds. The first-order chi connectivity index (χ1) is 15.9. The van der Waals surface area contributed by atoms with Crippen molar-refractivity contribution < 1.29 is 19.1 Å². The van der Waals surface area contributed by atoms with E-state index in [1.54, 1.807) is 24.3 Å². The van der Waals surface area contributed by atoms with Gasteiger partial charge in [-0.25, -0.2) is 0 Å². The number of aryl methyl sites for hydroxylation is 2. The Morgan fingerprint density at radius 2 is 1.48 bits per heavy atom. The number of hydrogen-bond acceptors (Lipinski definition) is 4. The van der Waals surface area contributed by atoms with Crippen LogP contribution in [0.1, 0.15) is 73.4 Å². The van der Waals surface area contributed by atoms with Crippen molar-refractivity contribution in [2.45, 2.75) is 65.7 Å². The molecule has 0 fully saturated rings. The molecule has 0 aliphatic carbocycles. The van der Waals surface area contributed by atoms with E-state index in [1.165, 1.54) is 19.3 Å². The first-order valence-electron chi connectivity index (χ1n) is 11.6. The number of carbonyl (C=O) groups is 3. The van der Waals surface area contributed by atoms with Crippen molar-refractivity contribution in [1.82, 2.24) is 10.9 Å². The maximum Gasteiger partial charge on any atom is 0.269 e. The number of hydrazine groups is 1. The van der Waals surface area contributed by atoms with Gasteiger partial charge in [-0.3, -0.25) is 25.2 Å². The Bertz CT molecular complexity index is 926. The van der Waals surface area contributed by atoms with E-state index in [0.29, 0.717) is 23.6 Å². The Balaban J connectivity index is 1.66. The fourth-order valence-corrected chi connectivity index (χ4v) is 3.13. The molecule has 0 radical (unpaired) electrons. The van der Waals surface area contributed by atoms with Crippen LogP contribution in [0.2, 0.25) is 0 Å². The van der Waals surface area contributed by atoms with Gasteiger partial charge >= 0.3 is 0 Å². The van der Waals surface area contributed by atoms with Gasteiger partial charge in [0.2, 0.25) is 11.8 Å². The molecule has 7 nitrogen and oxygen atoms in total. The highest BCUT2D eigenvalue weighted by Crippen LogP contribution is 2.15. The van der Waals surface area contributed by atoms with Gasteiger partial charge in [0.15, 0.2) is 0 Å². The molecular formula is C26H35N3O4. The van der Waals surface area contributed by atoms with E-state index in [-0.39, 0.29) is 18.7 Å². The Morgan fingerprint density at radius 1 is 0.788 bits per heavy atom. The number of rotatable bonds is 12. The van der Waals surface area contributed by atoms with Crippen LogP contribution in [-0.4, -0.2) is 24.3 Å². The monoisotopic (exact) mass is 453 g/mol. The molecule has 33 heavy (non-hydrogen) atoms. The van der Waals surface area contributed by atoms with Crippen LogP contribution in [0.15, 0.2) is 42.5 Å². The maximum absolute atomic E-state index is 12.2. The zero-order valence-electron chi connectivity index (χ0n) is 19.8. The summed E-state index contributed by atoms with van der Waals surface area (Å²) >= 11 is 0. The number of benzene rings is 2. The topological polar surface area (TPSA) is 96.5 Å². The van der Waals surface area contributed by atoms with Gasteiger partial charge in [0.1, 0.15) is 5.75 Å². The van der Waals surface area contributed by atoms with E-state index in [2.05, 4.69) is 23.1 Å². The van der Waals surface area contributed by atoms with E-state index >= 15 is 0 Å². The lowest BCUT2D eigenvalue weighted by Gasteiger charge is -2.10. The van der Waals surface area contributed by atoms with Gasteiger partial charge in [-0.05, 0) is 67.8 Å². The summed E-state index contributed by atoms with van der Waals surface area (Å²) in [6.07, 6.45) is 5.83. The van der Waals surface area contributed by atoms with Crippen LogP contribution < -0.4 is 20.9 Å². The highest BCUT2D eigenvalue weighted by molar-refractivity contribution is 5.96. The molecule has 0 saturated heterocycles. The van der Waals surface area contributed by atoms with Crippen molar-refractivity contribution in [3.63, 3.8) is 0 Å². The van der Waals surface area contributed by atoms with E-state index in [1.807, 2.05) is 32.0 Å². The summed E-state index contributed by atoms with van der Waals surface area (Å²) in [6.45, 7) is 6.81. The first kappa shape index (κ1) is 25.9. The summed E-state index contributed by atoms with van der Waals surface area (Å²) in [6, 6.07) is 12.4. The van der Waals surface area contributed by atoms with Crippen LogP contribution in [0.5, 0.6) is 5.75 Å². The number of nitrogens with one attached hydrogen (secondary N) is 3. The van der Waals surface area contributed by atoms with Crippen molar-refractivity contribution in [3.8, 4) is 5.75 Å². The van der Waals surface area contributed by atoms with Crippen molar-refractivity contribution >= 4 is 23.4 Å². The molecule has 178 valence electrons. The van der Waals surface area contributed by atoms with Crippen LogP contribution in [0.4, 0.5) is 5.69 Å². The number of amides is 3.